The minimum absolute atomic E-state index is 0.139. The van der Waals surface area contributed by atoms with E-state index in [-0.39, 0.29) is 12.3 Å². The first-order valence-electron chi connectivity index (χ1n) is 11.7. The quantitative estimate of drug-likeness (QED) is 0.264. The summed E-state index contributed by atoms with van der Waals surface area (Å²) in [6.45, 7) is 6.87. The van der Waals surface area contributed by atoms with Crippen LogP contribution < -0.4 is 0 Å². The number of hydrogen-bond donors (Lipinski definition) is 2. The maximum absolute atomic E-state index is 13.1. The number of ether oxygens (including phenoxy) is 1. The lowest BCUT2D eigenvalue weighted by Gasteiger charge is -2.50. The highest BCUT2D eigenvalue weighted by Gasteiger charge is 2.67. The van der Waals surface area contributed by atoms with Crippen LogP contribution in [0.4, 0.5) is 0 Å². The lowest BCUT2D eigenvalue weighted by molar-refractivity contribution is -0.167. The van der Waals surface area contributed by atoms with Crippen LogP contribution >= 0.6 is 23.1 Å². The maximum atomic E-state index is 13.1. The Morgan fingerprint density at radius 2 is 2.05 bits per heavy atom. The molecule has 0 radical (unpaired) electrons. The first-order valence-corrected chi connectivity index (χ1v) is 13.8. The molecular formula is C26H27N3O6S2. The van der Waals surface area contributed by atoms with E-state index >= 15 is 0 Å². The summed E-state index contributed by atoms with van der Waals surface area (Å²) in [4.78, 5) is 45.9. The summed E-state index contributed by atoms with van der Waals surface area (Å²) in [5.41, 5.74) is 1.31. The number of aryl methyl sites for hydroxylation is 2. The van der Waals surface area contributed by atoms with Gasteiger partial charge in [0.25, 0.3) is 0 Å². The zero-order valence-corrected chi connectivity index (χ0v) is 22.6. The standard InChI is InChI=1S/C26H27N3O6S2/c1-12-6-7-13(2)15(8-12)25(34)35-10-26(4)18(16-9-28-11-27-21(36-5)23(28)37-16)19(24(32)33)29-20(26)17(14(3)30)22(29)31/h6-9,11,14,17,20,30H,10H2,1-5H3,(H,32,33)/t14-,17-,20-,26+/m1/s1. The molecule has 11 heteroatoms. The minimum Gasteiger partial charge on any atom is -0.477 e. The largest absolute Gasteiger partial charge is 0.477 e. The summed E-state index contributed by atoms with van der Waals surface area (Å²) < 4.78 is 7.67. The van der Waals surface area contributed by atoms with Gasteiger partial charge in [0.15, 0.2) is 0 Å². The van der Waals surface area contributed by atoms with Gasteiger partial charge in [-0.05, 0) is 38.7 Å². The molecule has 1 aromatic carbocycles. The molecule has 9 nitrogen and oxygen atoms in total. The fourth-order valence-corrected chi connectivity index (χ4v) is 7.46. The molecule has 1 amide bonds. The molecule has 5 rings (SSSR count). The number of nitrogens with zero attached hydrogens (tertiary/aromatic N) is 3. The average molecular weight is 542 g/mol. The second kappa shape index (κ2) is 9.00. The molecule has 0 aliphatic carbocycles. The van der Waals surface area contributed by atoms with Crippen molar-refractivity contribution < 1.29 is 29.3 Å². The van der Waals surface area contributed by atoms with Gasteiger partial charge in [-0.15, -0.1) is 23.1 Å². The van der Waals surface area contributed by atoms with Gasteiger partial charge in [-0.1, -0.05) is 24.6 Å². The Morgan fingerprint density at radius 3 is 2.70 bits per heavy atom. The van der Waals surface area contributed by atoms with E-state index in [0.717, 1.165) is 21.0 Å². The van der Waals surface area contributed by atoms with Crippen molar-refractivity contribution in [2.24, 2.45) is 11.3 Å². The summed E-state index contributed by atoms with van der Waals surface area (Å²) in [6, 6.07) is 4.84. The number of thiazole rings is 1. The number of hydrogen-bond acceptors (Lipinski definition) is 8. The summed E-state index contributed by atoms with van der Waals surface area (Å²) in [5, 5.41) is 21.5. The molecule has 1 fully saturated rings. The Morgan fingerprint density at radius 1 is 1.32 bits per heavy atom. The maximum Gasteiger partial charge on any atom is 0.352 e. The Bertz CT molecular complexity index is 1490. The Balaban J connectivity index is 1.62. The van der Waals surface area contributed by atoms with Gasteiger partial charge < -0.3 is 19.8 Å². The van der Waals surface area contributed by atoms with Crippen LogP contribution in [0.15, 0.2) is 41.4 Å². The number of aliphatic hydroxyl groups excluding tert-OH is 1. The fraction of sp³-hybridized carbons (Fsp3) is 0.385. The number of carbonyl (C=O) groups is 3. The number of aliphatic hydroxyl groups is 1. The minimum atomic E-state index is -1.25. The number of carboxylic acid groups (broad SMARTS) is 1. The number of rotatable bonds is 7. The molecule has 194 valence electrons. The van der Waals surface area contributed by atoms with Crippen molar-refractivity contribution in [1.82, 2.24) is 14.3 Å². The average Bonchev–Trinajstić information content (AvgIpc) is 3.47. The Hall–Kier alpha value is -3.15. The van der Waals surface area contributed by atoms with Gasteiger partial charge in [-0.2, -0.15) is 0 Å². The zero-order valence-electron chi connectivity index (χ0n) is 21.0. The van der Waals surface area contributed by atoms with Crippen LogP contribution in [0, 0.1) is 25.2 Å². The van der Waals surface area contributed by atoms with Crippen molar-refractivity contribution in [3.8, 4) is 0 Å². The third kappa shape index (κ3) is 3.79. The lowest BCUT2D eigenvalue weighted by Crippen LogP contribution is -2.66. The number of aromatic nitrogens is 2. The first kappa shape index (κ1) is 25.5. The highest BCUT2D eigenvalue weighted by Crippen LogP contribution is 2.58. The van der Waals surface area contributed by atoms with Crippen LogP contribution in [0.5, 0.6) is 0 Å². The molecule has 2 aliphatic heterocycles. The van der Waals surface area contributed by atoms with Crippen molar-refractivity contribution in [3.05, 3.63) is 58.0 Å². The van der Waals surface area contributed by atoms with Crippen LogP contribution in [0.25, 0.3) is 10.4 Å². The molecule has 2 aromatic heterocycles. The number of benzene rings is 1. The summed E-state index contributed by atoms with van der Waals surface area (Å²) >= 11 is 2.85. The van der Waals surface area contributed by atoms with E-state index in [4.69, 9.17) is 4.74 Å². The van der Waals surface area contributed by atoms with Gasteiger partial charge in [-0.25, -0.2) is 14.6 Å². The van der Waals surface area contributed by atoms with E-state index in [2.05, 4.69) is 4.98 Å². The highest BCUT2D eigenvalue weighted by molar-refractivity contribution is 7.98. The molecule has 0 saturated carbocycles. The number of carbonyl (C=O) groups excluding carboxylic acids is 2. The van der Waals surface area contributed by atoms with Gasteiger partial charge >= 0.3 is 11.9 Å². The summed E-state index contributed by atoms with van der Waals surface area (Å²) in [7, 11) is 0. The van der Waals surface area contributed by atoms with E-state index in [1.54, 1.807) is 25.5 Å². The van der Waals surface area contributed by atoms with E-state index in [9.17, 15) is 24.6 Å². The van der Waals surface area contributed by atoms with Gasteiger partial charge in [0, 0.05) is 11.8 Å². The fourth-order valence-electron chi connectivity index (χ4n) is 5.50. The number of thioether (sulfide) groups is 1. The SMILES string of the molecule is CSc1ncn2cc(C3=C(C(=O)O)N4C(=O)[C@H]([C@@H](C)O)[C@@H]4[C@@]3(C)COC(=O)c3cc(C)ccc3C)sc12. The van der Waals surface area contributed by atoms with E-state index in [1.807, 2.05) is 36.6 Å². The lowest BCUT2D eigenvalue weighted by atomic mass is 9.67. The van der Waals surface area contributed by atoms with Crippen LogP contribution in [0.2, 0.25) is 0 Å². The zero-order chi connectivity index (χ0) is 26.8. The number of carboxylic acids is 1. The van der Waals surface area contributed by atoms with Crippen LogP contribution in [0.3, 0.4) is 0 Å². The van der Waals surface area contributed by atoms with Crippen LogP contribution in [-0.2, 0) is 14.3 Å². The van der Waals surface area contributed by atoms with Crippen molar-refractivity contribution in [2.75, 3.05) is 12.9 Å². The van der Waals surface area contributed by atoms with Crippen molar-refractivity contribution in [2.45, 2.75) is 44.9 Å². The second-order valence-electron chi connectivity index (χ2n) is 9.82. The van der Waals surface area contributed by atoms with E-state index < -0.39 is 41.3 Å². The molecule has 0 spiro atoms. The van der Waals surface area contributed by atoms with Crippen molar-refractivity contribution in [3.63, 3.8) is 0 Å². The monoisotopic (exact) mass is 541 g/mol. The van der Waals surface area contributed by atoms with E-state index in [0.29, 0.717) is 16.0 Å². The smallest absolute Gasteiger partial charge is 0.352 e. The normalized spacial score (nSPS) is 23.8. The number of β-lactam (4-membered cyclic amide) rings is 1. The molecule has 3 aromatic rings. The third-order valence-electron chi connectivity index (χ3n) is 7.30. The summed E-state index contributed by atoms with van der Waals surface area (Å²) in [5.74, 6) is -3.03. The predicted octanol–water partition coefficient (Wildman–Crippen LogP) is 3.61. The molecule has 37 heavy (non-hydrogen) atoms. The highest BCUT2D eigenvalue weighted by atomic mass is 32.2. The number of esters is 1. The number of fused-ring (bicyclic) bond motifs is 2. The number of imidazole rings is 1. The topological polar surface area (TPSA) is 121 Å². The molecule has 0 unspecified atom stereocenters. The molecule has 2 aliphatic rings. The van der Waals surface area contributed by atoms with Crippen molar-refractivity contribution >= 4 is 51.3 Å². The number of aliphatic carboxylic acids is 1. The van der Waals surface area contributed by atoms with Crippen LogP contribution in [-0.4, -0.2) is 67.4 Å². The molecule has 2 N–H and O–H groups in total. The van der Waals surface area contributed by atoms with Gasteiger partial charge in [0.2, 0.25) is 5.91 Å². The van der Waals surface area contributed by atoms with Gasteiger partial charge in [0.1, 0.15) is 28.5 Å². The molecule has 4 heterocycles. The molecule has 0 bridgehead atoms. The molecule has 1 saturated heterocycles. The van der Waals surface area contributed by atoms with Gasteiger partial charge in [-0.3, -0.25) is 9.20 Å². The van der Waals surface area contributed by atoms with Gasteiger partial charge in [0.05, 0.1) is 33.9 Å². The Labute approximate surface area is 221 Å². The van der Waals surface area contributed by atoms with Crippen molar-refractivity contribution in [1.29, 1.82) is 0 Å². The third-order valence-corrected chi connectivity index (χ3v) is 9.24. The molecular weight excluding hydrogens is 514 g/mol. The number of amides is 1. The Kier molecular flexibility index (Phi) is 6.20. The summed E-state index contributed by atoms with van der Waals surface area (Å²) in [6.07, 6.45) is 4.37. The van der Waals surface area contributed by atoms with E-state index in [1.165, 1.54) is 34.9 Å². The predicted molar refractivity (Wildman–Crippen MR) is 140 cm³/mol. The first-order chi connectivity index (χ1) is 17.5. The second-order valence-corrected chi connectivity index (χ2v) is 11.6. The molecule has 4 atom stereocenters. The van der Waals surface area contributed by atoms with Crippen LogP contribution in [0.1, 0.15) is 40.2 Å².